The lowest BCUT2D eigenvalue weighted by Crippen LogP contribution is -2.50. The maximum atomic E-state index is 12.1. The first-order valence-electron chi connectivity index (χ1n) is 5.75. The SMILES string of the molecule is CC(C)(C)NS(=O)(=O)N(CCC(=N)N)C1CC1. The standard InChI is InChI=1S/C10H22N4O2S/c1-10(2,3)13-17(15,16)14(8-4-5-8)7-6-9(11)12/h8,13H,4-7H2,1-3H3,(H3,11,12). The molecule has 1 rings (SSSR count). The summed E-state index contributed by atoms with van der Waals surface area (Å²) in [6.45, 7) is 5.70. The normalized spacial score (nSPS) is 17.4. The lowest BCUT2D eigenvalue weighted by molar-refractivity contribution is 0.384. The van der Waals surface area contributed by atoms with Crippen molar-refractivity contribution >= 4 is 16.0 Å². The number of amidine groups is 1. The molecule has 0 aromatic carbocycles. The molecule has 100 valence electrons. The van der Waals surface area contributed by atoms with Gasteiger partial charge >= 0.3 is 0 Å². The summed E-state index contributed by atoms with van der Waals surface area (Å²) in [7, 11) is -3.48. The van der Waals surface area contributed by atoms with E-state index in [-0.39, 0.29) is 24.8 Å². The third-order valence-corrected chi connectivity index (χ3v) is 4.27. The fourth-order valence-corrected chi connectivity index (χ4v) is 3.36. The van der Waals surface area contributed by atoms with Gasteiger partial charge in [0.2, 0.25) is 0 Å². The molecule has 0 radical (unpaired) electrons. The summed E-state index contributed by atoms with van der Waals surface area (Å²) >= 11 is 0. The minimum atomic E-state index is -3.48. The van der Waals surface area contributed by atoms with E-state index in [2.05, 4.69) is 4.72 Å². The maximum absolute atomic E-state index is 12.1. The van der Waals surface area contributed by atoms with E-state index in [0.717, 1.165) is 12.8 Å². The van der Waals surface area contributed by atoms with Gasteiger partial charge in [-0.2, -0.15) is 17.4 Å². The van der Waals surface area contributed by atoms with Crippen LogP contribution in [0.5, 0.6) is 0 Å². The second kappa shape index (κ2) is 4.91. The molecule has 4 N–H and O–H groups in total. The van der Waals surface area contributed by atoms with Crippen molar-refractivity contribution < 1.29 is 8.42 Å². The van der Waals surface area contributed by atoms with Gasteiger partial charge < -0.3 is 5.73 Å². The molecule has 6 nitrogen and oxygen atoms in total. The average Bonchev–Trinajstić information content (AvgIpc) is 2.81. The lowest BCUT2D eigenvalue weighted by Gasteiger charge is -2.27. The highest BCUT2D eigenvalue weighted by Gasteiger charge is 2.38. The Labute approximate surface area is 103 Å². The van der Waals surface area contributed by atoms with Crippen molar-refractivity contribution in [2.75, 3.05) is 6.54 Å². The van der Waals surface area contributed by atoms with E-state index in [4.69, 9.17) is 11.1 Å². The summed E-state index contributed by atoms with van der Waals surface area (Å²) in [5.41, 5.74) is 4.78. The molecule has 1 saturated carbocycles. The molecule has 0 unspecified atom stereocenters. The Bertz CT molecular complexity index is 382. The Morgan fingerprint density at radius 1 is 1.47 bits per heavy atom. The molecule has 0 aromatic heterocycles. The number of nitrogens with zero attached hydrogens (tertiary/aromatic N) is 1. The number of hydrogen-bond donors (Lipinski definition) is 3. The summed E-state index contributed by atoms with van der Waals surface area (Å²) < 4.78 is 28.3. The molecular formula is C10H22N4O2S. The minimum absolute atomic E-state index is 0.0154. The zero-order chi connectivity index (χ0) is 13.3. The number of rotatable bonds is 6. The molecule has 1 aliphatic carbocycles. The predicted octanol–water partition coefficient (Wildman–Crippen LogP) is 0.410. The first-order valence-corrected chi connectivity index (χ1v) is 7.19. The van der Waals surface area contributed by atoms with Crippen molar-refractivity contribution in [2.45, 2.75) is 51.6 Å². The molecular weight excluding hydrogens is 240 g/mol. The second-order valence-electron chi connectivity index (χ2n) is 5.47. The Kier molecular flexibility index (Phi) is 4.16. The zero-order valence-corrected chi connectivity index (χ0v) is 11.5. The van der Waals surface area contributed by atoms with Crippen LogP contribution in [-0.2, 0) is 10.2 Å². The van der Waals surface area contributed by atoms with Gasteiger partial charge in [-0.25, -0.2) is 0 Å². The van der Waals surface area contributed by atoms with Crippen molar-refractivity contribution in [3.05, 3.63) is 0 Å². The maximum Gasteiger partial charge on any atom is 0.280 e. The Balaban J connectivity index is 2.72. The van der Waals surface area contributed by atoms with Crippen molar-refractivity contribution in [2.24, 2.45) is 5.73 Å². The molecule has 1 fully saturated rings. The summed E-state index contributed by atoms with van der Waals surface area (Å²) in [5, 5.41) is 7.17. The van der Waals surface area contributed by atoms with Crippen LogP contribution in [0.4, 0.5) is 0 Å². The van der Waals surface area contributed by atoms with Crippen molar-refractivity contribution in [3.63, 3.8) is 0 Å². The molecule has 0 aliphatic heterocycles. The van der Waals surface area contributed by atoms with Crippen LogP contribution < -0.4 is 10.5 Å². The molecule has 0 amide bonds. The number of hydrogen-bond acceptors (Lipinski definition) is 3. The van der Waals surface area contributed by atoms with E-state index in [1.807, 2.05) is 0 Å². The van der Waals surface area contributed by atoms with E-state index in [0.29, 0.717) is 0 Å². The molecule has 7 heteroatoms. The van der Waals surface area contributed by atoms with E-state index in [1.54, 1.807) is 20.8 Å². The van der Waals surface area contributed by atoms with Gasteiger partial charge in [0.25, 0.3) is 10.2 Å². The van der Waals surface area contributed by atoms with Gasteiger partial charge in [0, 0.05) is 24.5 Å². The predicted molar refractivity (Wildman–Crippen MR) is 68.1 cm³/mol. The van der Waals surface area contributed by atoms with Gasteiger partial charge in [0.15, 0.2) is 0 Å². The van der Waals surface area contributed by atoms with E-state index >= 15 is 0 Å². The van der Waals surface area contributed by atoms with Crippen molar-refractivity contribution in [1.82, 2.24) is 9.03 Å². The third-order valence-electron chi connectivity index (χ3n) is 2.30. The van der Waals surface area contributed by atoms with Gasteiger partial charge in [-0.05, 0) is 33.6 Å². The number of nitrogens with one attached hydrogen (secondary N) is 2. The monoisotopic (exact) mass is 262 g/mol. The molecule has 0 aromatic rings. The van der Waals surface area contributed by atoms with E-state index < -0.39 is 15.7 Å². The van der Waals surface area contributed by atoms with Crippen LogP contribution in [0.15, 0.2) is 0 Å². The van der Waals surface area contributed by atoms with Gasteiger partial charge in [-0.1, -0.05) is 0 Å². The Hall–Kier alpha value is -0.660. The van der Waals surface area contributed by atoms with Crippen LogP contribution in [0.3, 0.4) is 0 Å². The highest BCUT2D eigenvalue weighted by atomic mass is 32.2. The fraction of sp³-hybridized carbons (Fsp3) is 0.900. The van der Waals surface area contributed by atoms with Gasteiger partial charge in [0.1, 0.15) is 0 Å². The molecule has 0 bridgehead atoms. The van der Waals surface area contributed by atoms with E-state index in [1.165, 1.54) is 4.31 Å². The van der Waals surface area contributed by atoms with Crippen LogP contribution in [0.2, 0.25) is 0 Å². The average molecular weight is 262 g/mol. The summed E-state index contributed by atoms with van der Waals surface area (Å²) in [6, 6.07) is 0.0780. The first kappa shape index (κ1) is 14.4. The molecule has 0 saturated heterocycles. The van der Waals surface area contributed by atoms with Crippen molar-refractivity contribution in [3.8, 4) is 0 Å². The fourth-order valence-electron chi connectivity index (χ4n) is 1.54. The smallest absolute Gasteiger partial charge is 0.280 e. The zero-order valence-electron chi connectivity index (χ0n) is 10.7. The summed E-state index contributed by atoms with van der Waals surface area (Å²) in [6.07, 6.45) is 2.06. The second-order valence-corrected chi connectivity index (χ2v) is 7.10. The van der Waals surface area contributed by atoms with Crippen molar-refractivity contribution in [1.29, 1.82) is 5.41 Å². The highest BCUT2D eigenvalue weighted by Crippen LogP contribution is 2.29. The molecule has 0 spiro atoms. The van der Waals surface area contributed by atoms with Crippen LogP contribution in [0, 0.1) is 5.41 Å². The lowest BCUT2D eigenvalue weighted by atomic mass is 10.1. The highest BCUT2D eigenvalue weighted by molar-refractivity contribution is 7.87. The van der Waals surface area contributed by atoms with Gasteiger partial charge in [-0.3, -0.25) is 5.41 Å². The van der Waals surface area contributed by atoms with E-state index in [9.17, 15) is 8.42 Å². The molecule has 17 heavy (non-hydrogen) atoms. The van der Waals surface area contributed by atoms with Gasteiger partial charge in [-0.15, -0.1) is 0 Å². The quantitative estimate of drug-likeness (QED) is 0.477. The molecule has 1 aliphatic rings. The topological polar surface area (TPSA) is 99.3 Å². The molecule has 0 heterocycles. The van der Waals surface area contributed by atoms with Crippen LogP contribution in [-0.4, -0.2) is 36.7 Å². The Morgan fingerprint density at radius 2 is 2.00 bits per heavy atom. The first-order chi connectivity index (χ1) is 7.62. The number of nitrogens with two attached hydrogens (primary N) is 1. The van der Waals surface area contributed by atoms with Crippen LogP contribution in [0.1, 0.15) is 40.0 Å². The third kappa shape index (κ3) is 5.01. The summed E-state index contributed by atoms with van der Waals surface area (Å²) in [5.74, 6) is 0.0154. The van der Waals surface area contributed by atoms with Gasteiger partial charge in [0.05, 0.1) is 5.84 Å². The largest absolute Gasteiger partial charge is 0.388 e. The minimum Gasteiger partial charge on any atom is -0.388 e. The van der Waals surface area contributed by atoms with Crippen LogP contribution in [0.25, 0.3) is 0 Å². The summed E-state index contributed by atoms with van der Waals surface area (Å²) in [4.78, 5) is 0. The molecule has 0 atom stereocenters. The van der Waals surface area contributed by atoms with Crippen LogP contribution >= 0.6 is 0 Å². The Morgan fingerprint density at radius 3 is 2.35 bits per heavy atom.